The van der Waals surface area contributed by atoms with Crippen molar-refractivity contribution in [3.63, 3.8) is 0 Å². The van der Waals surface area contributed by atoms with Crippen LogP contribution in [0.5, 0.6) is 0 Å². The molecule has 0 unspecified atom stereocenters. The van der Waals surface area contributed by atoms with E-state index < -0.39 is 0 Å². The lowest BCUT2D eigenvalue weighted by Crippen LogP contribution is -2.07. The molecule has 0 aliphatic carbocycles. The Balaban J connectivity index is 2.32. The summed E-state index contributed by atoms with van der Waals surface area (Å²) in [5.41, 5.74) is 7.46. The maximum Gasteiger partial charge on any atom is 0.311 e. The molecule has 0 fully saturated rings. The fourth-order valence-electron chi connectivity index (χ4n) is 1.58. The summed E-state index contributed by atoms with van der Waals surface area (Å²) in [6.45, 7) is 2.12. The van der Waals surface area contributed by atoms with E-state index in [0.29, 0.717) is 28.7 Å². The number of esters is 1. The van der Waals surface area contributed by atoms with Crippen molar-refractivity contribution >= 4 is 28.9 Å². The molecule has 2 rings (SSSR count). The number of ether oxygens (including phenoxy) is 1. The van der Waals surface area contributed by atoms with Gasteiger partial charge in [-0.2, -0.15) is 0 Å². The third kappa shape index (κ3) is 2.50. The molecule has 0 saturated carbocycles. The second kappa shape index (κ2) is 4.63. The maximum atomic E-state index is 11.3. The van der Waals surface area contributed by atoms with Crippen LogP contribution in [0, 0.1) is 0 Å². The summed E-state index contributed by atoms with van der Waals surface area (Å²) in [5, 5.41) is 0.523. The second-order valence-corrected chi connectivity index (χ2v) is 4.00. The molecule has 0 amide bonds. The predicted molar refractivity (Wildman–Crippen MR) is 65.0 cm³/mol. The smallest absolute Gasteiger partial charge is 0.311 e. The molecule has 0 aliphatic heterocycles. The number of hydrogen-bond donors (Lipinski definition) is 1. The Labute approximate surface area is 103 Å². The lowest BCUT2D eigenvalue weighted by Gasteiger charge is -1.97. The van der Waals surface area contributed by atoms with Gasteiger partial charge in [0.1, 0.15) is 0 Å². The van der Waals surface area contributed by atoms with E-state index in [4.69, 9.17) is 22.1 Å². The Morgan fingerprint density at radius 1 is 1.59 bits per heavy atom. The lowest BCUT2D eigenvalue weighted by molar-refractivity contribution is -0.142. The van der Waals surface area contributed by atoms with Crippen LogP contribution in [0.4, 0.5) is 5.69 Å². The van der Waals surface area contributed by atoms with Crippen LogP contribution in [-0.4, -0.2) is 22.0 Å². The number of nitrogens with two attached hydrogens (primary N) is 1. The number of hydrogen-bond acceptors (Lipinski definition) is 4. The summed E-state index contributed by atoms with van der Waals surface area (Å²) in [6, 6.07) is 1.62. The summed E-state index contributed by atoms with van der Waals surface area (Å²) < 4.78 is 6.55. The number of rotatable bonds is 3. The summed E-state index contributed by atoms with van der Waals surface area (Å²) in [4.78, 5) is 15.6. The molecule has 2 aromatic heterocycles. The lowest BCUT2D eigenvalue weighted by atomic mass is 10.3. The first-order chi connectivity index (χ1) is 8.10. The van der Waals surface area contributed by atoms with Crippen LogP contribution in [0.1, 0.15) is 12.6 Å². The van der Waals surface area contributed by atoms with Gasteiger partial charge in [0, 0.05) is 12.4 Å². The maximum absolute atomic E-state index is 11.3. The molecular formula is C11H12ClN3O2. The monoisotopic (exact) mass is 253 g/mol. The molecule has 0 aromatic carbocycles. The minimum atomic E-state index is -0.305. The van der Waals surface area contributed by atoms with Crippen LogP contribution >= 0.6 is 11.6 Å². The number of nitrogens with zero attached hydrogens (tertiary/aromatic N) is 2. The van der Waals surface area contributed by atoms with Crippen molar-refractivity contribution < 1.29 is 9.53 Å². The predicted octanol–water partition coefficient (Wildman–Crippen LogP) is 1.68. The fourth-order valence-corrected chi connectivity index (χ4v) is 1.81. The minimum Gasteiger partial charge on any atom is -0.466 e. The molecule has 2 heterocycles. The van der Waals surface area contributed by atoms with Gasteiger partial charge in [0.15, 0.2) is 5.65 Å². The van der Waals surface area contributed by atoms with Crippen molar-refractivity contribution in [1.82, 2.24) is 9.38 Å². The van der Waals surface area contributed by atoms with Gasteiger partial charge in [-0.15, -0.1) is 0 Å². The van der Waals surface area contributed by atoms with Crippen LogP contribution in [0.15, 0.2) is 18.5 Å². The Hall–Kier alpha value is -1.75. The largest absolute Gasteiger partial charge is 0.466 e. The van der Waals surface area contributed by atoms with Gasteiger partial charge in [-0.1, -0.05) is 11.6 Å². The van der Waals surface area contributed by atoms with Gasteiger partial charge < -0.3 is 14.9 Å². The molecule has 0 radical (unpaired) electrons. The number of carbonyl (C=O) groups excluding carboxylic acids is 1. The Morgan fingerprint density at radius 3 is 3.06 bits per heavy atom. The number of carbonyl (C=O) groups is 1. The van der Waals surface area contributed by atoms with Gasteiger partial charge in [-0.25, -0.2) is 4.98 Å². The summed E-state index contributed by atoms with van der Waals surface area (Å²) in [7, 11) is 0. The number of aromatic nitrogens is 2. The van der Waals surface area contributed by atoms with Crippen LogP contribution in [0.2, 0.25) is 5.02 Å². The first-order valence-electron chi connectivity index (χ1n) is 5.18. The SMILES string of the molecule is CCOC(=O)Cc1cn2cc(Cl)cc(N)c2n1. The van der Waals surface area contributed by atoms with Crippen molar-refractivity contribution in [3.8, 4) is 0 Å². The Kier molecular flexibility index (Phi) is 3.19. The zero-order valence-electron chi connectivity index (χ0n) is 9.31. The summed E-state index contributed by atoms with van der Waals surface area (Å²) in [5.74, 6) is -0.305. The van der Waals surface area contributed by atoms with E-state index in [9.17, 15) is 4.79 Å². The molecule has 0 atom stereocenters. The highest BCUT2D eigenvalue weighted by Gasteiger charge is 2.10. The molecular weight excluding hydrogens is 242 g/mol. The second-order valence-electron chi connectivity index (χ2n) is 3.56. The van der Waals surface area contributed by atoms with Crippen molar-refractivity contribution in [2.24, 2.45) is 0 Å². The van der Waals surface area contributed by atoms with Gasteiger partial charge in [0.05, 0.1) is 29.4 Å². The topological polar surface area (TPSA) is 69.6 Å². The van der Waals surface area contributed by atoms with E-state index in [1.807, 2.05) is 0 Å². The van der Waals surface area contributed by atoms with E-state index in [1.54, 1.807) is 29.8 Å². The van der Waals surface area contributed by atoms with Crippen LogP contribution in [-0.2, 0) is 16.0 Å². The molecule has 0 bridgehead atoms. The van der Waals surface area contributed by atoms with E-state index in [2.05, 4.69) is 4.98 Å². The van der Waals surface area contributed by atoms with Crippen molar-refractivity contribution in [2.45, 2.75) is 13.3 Å². The highest BCUT2D eigenvalue weighted by molar-refractivity contribution is 6.30. The van der Waals surface area contributed by atoms with Crippen molar-refractivity contribution in [1.29, 1.82) is 0 Å². The fraction of sp³-hybridized carbons (Fsp3) is 0.273. The quantitative estimate of drug-likeness (QED) is 0.845. The molecule has 17 heavy (non-hydrogen) atoms. The number of pyridine rings is 1. The van der Waals surface area contributed by atoms with E-state index in [1.165, 1.54) is 0 Å². The number of imidazole rings is 1. The van der Waals surface area contributed by atoms with E-state index in [0.717, 1.165) is 0 Å². The number of halogens is 1. The summed E-state index contributed by atoms with van der Waals surface area (Å²) >= 11 is 5.87. The first kappa shape index (κ1) is 11.7. The van der Waals surface area contributed by atoms with Gasteiger partial charge in [-0.05, 0) is 13.0 Å². The zero-order valence-corrected chi connectivity index (χ0v) is 10.1. The van der Waals surface area contributed by atoms with Gasteiger partial charge in [-0.3, -0.25) is 4.79 Å². The molecule has 90 valence electrons. The van der Waals surface area contributed by atoms with Crippen molar-refractivity contribution in [2.75, 3.05) is 12.3 Å². The minimum absolute atomic E-state index is 0.132. The average Bonchev–Trinajstić information content (AvgIpc) is 2.60. The van der Waals surface area contributed by atoms with Crippen LogP contribution in [0.3, 0.4) is 0 Å². The third-order valence-corrected chi connectivity index (χ3v) is 2.43. The van der Waals surface area contributed by atoms with Crippen LogP contribution in [0.25, 0.3) is 5.65 Å². The molecule has 0 aliphatic rings. The number of nitrogen functional groups attached to an aromatic ring is 1. The molecule has 2 aromatic rings. The van der Waals surface area contributed by atoms with Gasteiger partial charge in [0.2, 0.25) is 0 Å². The zero-order chi connectivity index (χ0) is 12.4. The first-order valence-corrected chi connectivity index (χ1v) is 5.56. The number of anilines is 1. The molecule has 0 saturated heterocycles. The normalized spacial score (nSPS) is 10.7. The Bertz CT molecular complexity index is 565. The van der Waals surface area contributed by atoms with Crippen LogP contribution < -0.4 is 5.73 Å². The molecule has 2 N–H and O–H groups in total. The van der Waals surface area contributed by atoms with Gasteiger partial charge in [0.25, 0.3) is 0 Å². The molecule has 6 heteroatoms. The highest BCUT2D eigenvalue weighted by Crippen LogP contribution is 2.19. The van der Waals surface area contributed by atoms with E-state index in [-0.39, 0.29) is 12.4 Å². The summed E-state index contributed by atoms with van der Waals surface area (Å²) in [6.07, 6.45) is 3.54. The average molecular weight is 254 g/mol. The standard InChI is InChI=1S/C11H12ClN3O2/c1-2-17-10(16)4-8-6-15-5-7(12)3-9(13)11(15)14-8/h3,5-6H,2,4,13H2,1H3. The number of fused-ring (bicyclic) bond motifs is 1. The van der Waals surface area contributed by atoms with Gasteiger partial charge >= 0.3 is 5.97 Å². The molecule has 5 nitrogen and oxygen atoms in total. The Morgan fingerprint density at radius 2 is 2.35 bits per heavy atom. The van der Waals surface area contributed by atoms with Crippen molar-refractivity contribution in [3.05, 3.63) is 29.2 Å². The van der Waals surface area contributed by atoms with E-state index >= 15 is 0 Å². The third-order valence-electron chi connectivity index (χ3n) is 2.23. The highest BCUT2D eigenvalue weighted by atomic mass is 35.5. The molecule has 0 spiro atoms.